The second-order valence-corrected chi connectivity index (χ2v) is 9.40. The zero-order valence-corrected chi connectivity index (χ0v) is 22.5. The summed E-state index contributed by atoms with van der Waals surface area (Å²) in [7, 11) is 0. The third-order valence-electron chi connectivity index (χ3n) is 6.34. The lowest BCUT2D eigenvalue weighted by Gasteiger charge is -2.14. The van der Waals surface area contributed by atoms with E-state index >= 15 is 0 Å². The van der Waals surface area contributed by atoms with Gasteiger partial charge in [-0.1, -0.05) is 109 Å². The third kappa shape index (κ3) is 7.87. The molecule has 0 heterocycles. The number of benzene rings is 5. The van der Waals surface area contributed by atoms with Gasteiger partial charge in [0.25, 0.3) is 0 Å². The lowest BCUT2D eigenvalue weighted by atomic mass is 10.1. The molecule has 5 nitrogen and oxygen atoms in total. The molecule has 0 saturated carbocycles. The van der Waals surface area contributed by atoms with Gasteiger partial charge in [0, 0.05) is 12.1 Å². The Morgan fingerprint density at radius 2 is 1.07 bits per heavy atom. The van der Waals surface area contributed by atoms with Gasteiger partial charge in [-0.2, -0.15) is 0 Å². The molecule has 0 aliphatic heterocycles. The van der Waals surface area contributed by atoms with Crippen molar-refractivity contribution in [3.63, 3.8) is 0 Å². The van der Waals surface area contributed by atoms with Crippen molar-refractivity contribution in [2.24, 2.45) is 0 Å². The van der Waals surface area contributed by atoms with E-state index in [-0.39, 0.29) is 29.5 Å². The fraction of sp³-hybridized carbons (Fsp3) is 0.0833. The van der Waals surface area contributed by atoms with Crippen LogP contribution in [-0.2, 0) is 19.8 Å². The normalized spacial score (nSPS) is 10.8. The molecule has 0 aliphatic carbocycles. The Balaban J connectivity index is 1.30. The Morgan fingerprint density at radius 3 is 1.61 bits per heavy atom. The standard InChI is InChI=1S/C36H30O5/c37-33(21-18-27-16-19-31(20-17-27)39-24-28-10-4-1-5-11-28)36-34(38)22-32(40-25-29-12-6-2-7-13-29)23-35(36)41-26-30-14-8-3-9-15-30/h1-23,38H,24-26H2. The van der Waals surface area contributed by atoms with Crippen LogP contribution in [0.5, 0.6) is 23.0 Å². The second kappa shape index (κ2) is 13.7. The molecule has 0 saturated heterocycles. The van der Waals surface area contributed by atoms with E-state index in [0.717, 1.165) is 28.0 Å². The van der Waals surface area contributed by atoms with E-state index in [1.807, 2.05) is 115 Å². The number of allylic oxidation sites excluding steroid dienone is 1. The first-order chi connectivity index (χ1) is 20.1. The maximum absolute atomic E-state index is 13.3. The SMILES string of the molecule is O=C(C=Cc1ccc(OCc2ccccc2)cc1)c1c(O)cc(OCc2ccccc2)cc1OCc1ccccc1. The average Bonchev–Trinajstić information content (AvgIpc) is 3.02. The van der Waals surface area contributed by atoms with E-state index in [9.17, 15) is 9.90 Å². The molecular weight excluding hydrogens is 512 g/mol. The number of ether oxygens (including phenoxy) is 3. The molecule has 0 fully saturated rings. The van der Waals surface area contributed by atoms with Gasteiger partial charge in [0.15, 0.2) is 5.78 Å². The number of rotatable bonds is 12. The van der Waals surface area contributed by atoms with E-state index in [1.54, 1.807) is 12.1 Å². The minimum atomic E-state index is -0.385. The lowest BCUT2D eigenvalue weighted by molar-refractivity contribution is 0.104. The Labute approximate surface area is 239 Å². The monoisotopic (exact) mass is 542 g/mol. The van der Waals surface area contributed by atoms with Gasteiger partial charge in [-0.25, -0.2) is 0 Å². The van der Waals surface area contributed by atoms with Crippen molar-refractivity contribution in [2.45, 2.75) is 19.8 Å². The molecule has 5 aromatic carbocycles. The van der Waals surface area contributed by atoms with Crippen LogP contribution in [0.3, 0.4) is 0 Å². The number of ketones is 1. The highest BCUT2D eigenvalue weighted by molar-refractivity contribution is 6.10. The molecule has 5 heteroatoms. The van der Waals surface area contributed by atoms with Crippen LogP contribution in [0.2, 0.25) is 0 Å². The van der Waals surface area contributed by atoms with Gasteiger partial charge in [0.05, 0.1) is 0 Å². The zero-order valence-electron chi connectivity index (χ0n) is 22.5. The summed E-state index contributed by atoms with van der Waals surface area (Å²) in [5.41, 5.74) is 3.90. The Hall–Kier alpha value is -5.29. The molecule has 204 valence electrons. The van der Waals surface area contributed by atoms with Crippen LogP contribution < -0.4 is 14.2 Å². The van der Waals surface area contributed by atoms with Crippen LogP contribution in [0.15, 0.2) is 133 Å². The predicted octanol–water partition coefficient (Wildman–Crippen LogP) is 8.03. The number of phenols is 1. The average molecular weight is 543 g/mol. The quantitative estimate of drug-likeness (QED) is 0.128. The first-order valence-electron chi connectivity index (χ1n) is 13.3. The van der Waals surface area contributed by atoms with Crippen molar-refractivity contribution >= 4 is 11.9 Å². The molecule has 1 N–H and O–H groups in total. The van der Waals surface area contributed by atoms with Crippen LogP contribution >= 0.6 is 0 Å². The summed E-state index contributed by atoms with van der Waals surface area (Å²) in [6.07, 6.45) is 3.12. The van der Waals surface area contributed by atoms with Gasteiger partial charge >= 0.3 is 0 Å². The molecule has 0 bridgehead atoms. The minimum Gasteiger partial charge on any atom is -0.507 e. The first-order valence-corrected chi connectivity index (χ1v) is 13.3. The number of hydrogen-bond donors (Lipinski definition) is 1. The predicted molar refractivity (Wildman–Crippen MR) is 160 cm³/mol. The minimum absolute atomic E-state index is 0.0760. The van der Waals surface area contributed by atoms with Crippen molar-refractivity contribution in [1.82, 2.24) is 0 Å². The summed E-state index contributed by atoms with van der Waals surface area (Å²) in [5.74, 6) is 0.789. The fourth-order valence-corrected chi connectivity index (χ4v) is 4.17. The maximum atomic E-state index is 13.3. The molecule has 5 aromatic rings. The summed E-state index contributed by atoms with van der Waals surface area (Å²) in [6, 6.07) is 39.8. The van der Waals surface area contributed by atoms with Crippen molar-refractivity contribution in [3.05, 3.63) is 161 Å². The molecule has 0 radical (unpaired) electrons. The van der Waals surface area contributed by atoms with Gasteiger partial charge in [0.1, 0.15) is 48.4 Å². The molecule has 0 amide bonds. The van der Waals surface area contributed by atoms with Crippen molar-refractivity contribution < 1.29 is 24.1 Å². The summed E-state index contributed by atoms with van der Waals surface area (Å²) in [5, 5.41) is 10.9. The highest BCUT2D eigenvalue weighted by Gasteiger charge is 2.19. The molecular formula is C36H30O5. The van der Waals surface area contributed by atoms with Gasteiger partial charge in [-0.05, 0) is 40.5 Å². The van der Waals surface area contributed by atoms with E-state index in [1.165, 1.54) is 12.1 Å². The maximum Gasteiger partial charge on any atom is 0.193 e. The topological polar surface area (TPSA) is 65.0 Å². The van der Waals surface area contributed by atoms with Crippen molar-refractivity contribution in [3.8, 4) is 23.0 Å². The summed E-state index contributed by atoms with van der Waals surface area (Å²) in [6.45, 7) is 1.03. The number of phenolic OH excluding ortho intramolecular Hbond substituents is 1. The molecule has 5 rings (SSSR count). The molecule has 0 unspecified atom stereocenters. The Bertz CT molecular complexity index is 1580. The van der Waals surface area contributed by atoms with Crippen LogP contribution in [-0.4, -0.2) is 10.9 Å². The largest absolute Gasteiger partial charge is 0.507 e. The molecule has 41 heavy (non-hydrogen) atoms. The highest BCUT2D eigenvalue weighted by Crippen LogP contribution is 2.35. The van der Waals surface area contributed by atoms with Crippen molar-refractivity contribution in [1.29, 1.82) is 0 Å². The zero-order chi connectivity index (χ0) is 28.3. The number of carbonyl (C=O) groups excluding carboxylic acids is 1. The molecule has 0 aliphatic rings. The molecule has 0 atom stereocenters. The summed E-state index contributed by atoms with van der Waals surface area (Å²) >= 11 is 0. The van der Waals surface area contributed by atoms with Crippen LogP contribution in [0.25, 0.3) is 6.08 Å². The van der Waals surface area contributed by atoms with Crippen LogP contribution in [0, 0.1) is 0 Å². The smallest absolute Gasteiger partial charge is 0.193 e. The van der Waals surface area contributed by atoms with E-state index < -0.39 is 0 Å². The van der Waals surface area contributed by atoms with E-state index in [4.69, 9.17) is 14.2 Å². The van der Waals surface area contributed by atoms with E-state index in [0.29, 0.717) is 19.0 Å². The Morgan fingerprint density at radius 1 is 0.585 bits per heavy atom. The van der Waals surface area contributed by atoms with Crippen LogP contribution in [0.1, 0.15) is 32.6 Å². The molecule has 0 aromatic heterocycles. The Kier molecular flexibility index (Phi) is 9.10. The van der Waals surface area contributed by atoms with Gasteiger partial charge in [-0.15, -0.1) is 0 Å². The van der Waals surface area contributed by atoms with Gasteiger partial charge in [0.2, 0.25) is 0 Å². The third-order valence-corrected chi connectivity index (χ3v) is 6.34. The summed E-state index contributed by atoms with van der Waals surface area (Å²) in [4.78, 5) is 13.3. The van der Waals surface area contributed by atoms with Gasteiger partial charge < -0.3 is 19.3 Å². The summed E-state index contributed by atoms with van der Waals surface area (Å²) < 4.78 is 17.8. The first kappa shape index (κ1) is 27.3. The highest BCUT2D eigenvalue weighted by atomic mass is 16.5. The fourth-order valence-electron chi connectivity index (χ4n) is 4.17. The van der Waals surface area contributed by atoms with Crippen molar-refractivity contribution in [2.75, 3.05) is 0 Å². The molecule has 0 spiro atoms. The van der Waals surface area contributed by atoms with Gasteiger partial charge in [-0.3, -0.25) is 4.79 Å². The van der Waals surface area contributed by atoms with Crippen LogP contribution in [0.4, 0.5) is 0 Å². The second-order valence-electron chi connectivity index (χ2n) is 9.40. The number of carbonyl (C=O) groups is 1. The number of aromatic hydroxyl groups is 1. The van der Waals surface area contributed by atoms with E-state index in [2.05, 4.69) is 0 Å². The lowest BCUT2D eigenvalue weighted by Crippen LogP contribution is -2.04. The number of hydrogen-bond acceptors (Lipinski definition) is 5.